The van der Waals surface area contributed by atoms with E-state index in [1.165, 1.54) is 6.07 Å². The molecular weight excluding hydrogens is 292 g/mol. The van der Waals surface area contributed by atoms with Gasteiger partial charge in [0.05, 0.1) is 5.56 Å². The summed E-state index contributed by atoms with van der Waals surface area (Å²) in [6, 6.07) is 17.4. The summed E-state index contributed by atoms with van der Waals surface area (Å²) in [4.78, 5) is 12.3. The molecule has 118 valence electrons. The number of hydrogen-bond acceptors (Lipinski definition) is 4. The van der Waals surface area contributed by atoms with Crippen LogP contribution in [-0.2, 0) is 6.42 Å². The number of fused-ring (bicyclic) bond motifs is 1. The highest BCUT2D eigenvalue weighted by atomic mass is 16.3. The molecule has 0 aliphatic heterocycles. The minimum absolute atomic E-state index is 0.0611. The third-order valence-corrected chi connectivity index (χ3v) is 3.45. The standard InChI is InChI=1S/C18H14O3.CH4O/c19-15-7-6-13-10-16(18(21)11-14(13)9-15)17(20)8-12-4-2-1-3-5-12;1-2/h1-7,9-11,19,21H,8H2;2H,1H3. The van der Waals surface area contributed by atoms with Crippen molar-refractivity contribution in [3.05, 3.63) is 71.8 Å². The van der Waals surface area contributed by atoms with Gasteiger partial charge in [0.15, 0.2) is 5.78 Å². The van der Waals surface area contributed by atoms with Crippen LogP contribution >= 0.6 is 0 Å². The summed E-state index contributed by atoms with van der Waals surface area (Å²) in [5.74, 6) is -0.0621. The maximum atomic E-state index is 12.3. The Kier molecular flexibility index (Phi) is 5.33. The van der Waals surface area contributed by atoms with E-state index in [9.17, 15) is 15.0 Å². The molecule has 0 aromatic heterocycles. The average molecular weight is 310 g/mol. The molecule has 0 aliphatic carbocycles. The first-order chi connectivity index (χ1) is 11.1. The predicted molar refractivity (Wildman–Crippen MR) is 89.9 cm³/mol. The van der Waals surface area contributed by atoms with Crippen LogP contribution in [0.3, 0.4) is 0 Å². The summed E-state index contributed by atoms with van der Waals surface area (Å²) < 4.78 is 0. The number of carbonyl (C=O) groups is 1. The molecular formula is C19H18O4. The van der Waals surface area contributed by atoms with Gasteiger partial charge in [0.25, 0.3) is 0 Å². The van der Waals surface area contributed by atoms with E-state index >= 15 is 0 Å². The minimum Gasteiger partial charge on any atom is -0.508 e. The number of phenolic OH excluding ortho intramolecular Hbond substituents is 2. The van der Waals surface area contributed by atoms with Gasteiger partial charge in [-0.25, -0.2) is 0 Å². The number of hydrogen-bond donors (Lipinski definition) is 3. The van der Waals surface area contributed by atoms with E-state index in [0.29, 0.717) is 10.9 Å². The molecule has 23 heavy (non-hydrogen) atoms. The summed E-state index contributed by atoms with van der Waals surface area (Å²) in [6.45, 7) is 0. The first-order valence-corrected chi connectivity index (χ1v) is 7.11. The Morgan fingerprint density at radius 2 is 1.57 bits per heavy atom. The van der Waals surface area contributed by atoms with Gasteiger partial charge < -0.3 is 15.3 Å². The highest BCUT2D eigenvalue weighted by Gasteiger charge is 2.13. The fourth-order valence-electron chi connectivity index (χ4n) is 2.37. The van der Waals surface area contributed by atoms with Gasteiger partial charge in [-0.1, -0.05) is 36.4 Å². The molecule has 3 aromatic carbocycles. The Morgan fingerprint density at radius 1 is 0.870 bits per heavy atom. The van der Waals surface area contributed by atoms with E-state index in [1.54, 1.807) is 24.3 Å². The van der Waals surface area contributed by atoms with E-state index in [2.05, 4.69) is 0 Å². The molecule has 0 amide bonds. The Balaban J connectivity index is 0.000000924. The lowest BCUT2D eigenvalue weighted by Crippen LogP contribution is -2.03. The Hall–Kier alpha value is -2.85. The molecule has 4 heteroatoms. The summed E-state index contributed by atoms with van der Waals surface area (Å²) in [5, 5.41) is 28.0. The van der Waals surface area contributed by atoms with Gasteiger partial charge >= 0.3 is 0 Å². The van der Waals surface area contributed by atoms with E-state index < -0.39 is 0 Å². The van der Waals surface area contributed by atoms with E-state index in [-0.39, 0.29) is 23.7 Å². The van der Waals surface area contributed by atoms with Crippen LogP contribution in [0.25, 0.3) is 10.8 Å². The van der Waals surface area contributed by atoms with Crippen molar-refractivity contribution in [1.29, 1.82) is 0 Å². The third kappa shape index (κ3) is 3.87. The smallest absolute Gasteiger partial charge is 0.170 e. The number of aromatic hydroxyl groups is 2. The molecule has 0 saturated carbocycles. The minimum atomic E-state index is -0.131. The van der Waals surface area contributed by atoms with Crippen LogP contribution in [0.4, 0.5) is 0 Å². The number of benzene rings is 3. The summed E-state index contributed by atoms with van der Waals surface area (Å²) >= 11 is 0. The monoisotopic (exact) mass is 310 g/mol. The van der Waals surface area contributed by atoms with Crippen molar-refractivity contribution in [3.8, 4) is 11.5 Å². The molecule has 0 aliphatic rings. The summed E-state index contributed by atoms with van der Waals surface area (Å²) in [7, 11) is 1.00. The molecule has 3 N–H and O–H groups in total. The Bertz CT molecular complexity index is 810. The number of Topliss-reactive ketones (excluding diaryl/α,β-unsaturated/α-hetero) is 1. The highest BCUT2D eigenvalue weighted by molar-refractivity contribution is 6.03. The molecule has 0 heterocycles. The third-order valence-electron chi connectivity index (χ3n) is 3.45. The predicted octanol–water partition coefficient (Wildman–Crippen LogP) is 3.28. The number of ketones is 1. The Labute approximate surface area is 134 Å². The molecule has 0 saturated heterocycles. The van der Waals surface area contributed by atoms with Crippen molar-refractivity contribution < 1.29 is 20.1 Å². The lowest BCUT2D eigenvalue weighted by Gasteiger charge is -2.07. The Morgan fingerprint density at radius 3 is 2.26 bits per heavy atom. The second-order valence-electron chi connectivity index (χ2n) is 4.99. The van der Waals surface area contributed by atoms with Crippen LogP contribution in [0.15, 0.2) is 60.7 Å². The van der Waals surface area contributed by atoms with Gasteiger partial charge in [-0.05, 0) is 40.6 Å². The molecule has 0 radical (unpaired) electrons. The normalized spacial score (nSPS) is 10.0. The SMILES string of the molecule is CO.O=C(Cc1ccccc1)c1cc2ccc(O)cc2cc1O. The van der Waals surface area contributed by atoms with Gasteiger partial charge in [-0.2, -0.15) is 0 Å². The van der Waals surface area contributed by atoms with Crippen LogP contribution in [0, 0.1) is 0 Å². The lowest BCUT2D eigenvalue weighted by atomic mass is 9.99. The quantitative estimate of drug-likeness (QED) is 0.649. The van der Waals surface area contributed by atoms with Gasteiger partial charge in [0.2, 0.25) is 0 Å². The average Bonchev–Trinajstić information content (AvgIpc) is 2.56. The van der Waals surface area contributed by atoms with Crippen molar-refractivity contribution >= 4 is 16.6 Å². The molecule has 4 nitrogen and oxygen atoms in total. The molecule has 0 spiro atoms. The molecule has 0 atom stereocenters. The maximum absolute atomic E-state index is 12.3. The van der Waals surface area contributed by atoms with Crippen molar-refractivity contribution in [2.75, 3.05) is 7.11 Å². The fourth-order valence-corrected chi connectivity index (χ4v) is 2.37. The van der Waals surface area contributed by atoms with Crippen molar-refractivity contribution in [2.24, 2.45) is 0 Å². The zero-order valence-corrected chi connectivity index (χ0v) is 12.7. The number of carbonyl (C=O) groups excluding carboxylic acids is 1. The van der Waals surface area contributed by atoms with Crippen molar-refractivity contribution in [3.63, 3.8) is 0 Å². The molecule has 0 unspecified atom stereocenters. The molecule has 3 aromatic rings. The second kappa shape index (κ2) is 7.42. The van der Waals surface area contributed by atoms with Gasteiger partial charge in [0, 0.05) is 13.5 Å². The lowest BCUT2D eigenvalue weighted by molar-refractivity contribution is 0.0990. The van der Waals surface area contributed by atoms with Crippen LogP contribution < -0.4 is 0 Å². The van der Waals surface area contributed by atoms with Gasteiger partial charge in [0.1, 0.15) is 11.5 Å². The van der Waals surface area contributed by atoms with Crippen molar-refractivity contribution in [2.45, 2.75) is 6.42 Å². The number of aliphatic hydroxyl groups excluding tert-OH is 1. The van der Waals surface area contributed by atoms with Gasteiger partial charge in [-0.15, -0.1) is 0 Å². The van der Waals surface area contributed by atoms with Crippen molar-refractivity contribution in [1.82, 2.24) is 0 Å². The van der Waals surface area contributed by atoms with E-state index in [1.807, 2.05) is 30.3 Å². The number of phenols is 2. The zero-order chi connectivity index (χ0) is 16.8. The van der Waals surface area contributed by atoms with Crippen LogP contribution in [-0.4, -0.2) is 28.2 Å². The second-order valence-corrected chi connectivity index (χ2v) is 4.99. The topological polar surface area (TPSA) is 77.8 Å². The maximum Gasteiger partial charge on any atom is 0.170 e. The zero-order valence-electron chi connectivity index (χ0n) is 12.7. The fraction of sp³-hybridized carbons (Fsp3) is 0.105. The number of aliphatic hydroxyl groups is 1. The largest absolute Gasteiger partial charge is 0.508 e. The highest BCUT2D eigenvalue weighted by Crippen LogP contribution is 2.28. The van der Waals surface area contributed by atoms with E-state index in [0.717, 1.165) is 18.1 Å². The first-order valence-electron chi connectivity index (χ1n) is 7.11. The summed E-state index contributed by atoms with van der Waals surface area (Å²) in [5.41, 5.74) is 1.21. The van der Waals surface area contributed by atoms with Gasteiger partial charge in [-0.3, -0.25) is 4.79 Å². The molecule has 3 rings (SSSR count). The summed E-state index contributed by atoms with van der Waals surface area (Å²) in [6.07, 6.45) is 0.248. The molecule has 0 fully saturated rings. The first kappa shape index (κ1) is 16.5. The van der Waals surface area contributed by atoms with E-state index in [4.69, 9.17) is 5.11 Å². The van der Waals surface area contributed by atoms with Crippen LogP contribution in [0.1, 0.15) is 15.9 Å². The van der Waals surface area contributed by atoms with Crippen LogP contribution in [0.2, 0.25) is 0 Å². The number of rotatable bonds is 3. The van der Waals surface area contributed by atoms with Crippen LogP contribution in [0.5, 0.6) is 11.5 Å². The molecule has 0 bridgehead atoms.